The maximum Gasteiger partial charge on any atom is 0.673 e. The molecular weight excluding hydrogens is 209 g/mol. The van der Waals surface area contributed by atoms with Crippen molar-refractivity contribution in [2.75, 3.05) is 26.2 Å². The maximum atomic E-state index is 9.75. The molecule has 1 nitrogen and oxygen atoms in total. The van der Waals surface area contributed by atoms with E-state index in [0.29, 0.717) is 0 Å². The van der Waals surface area contributed by atoms with Crippen molar-refractivity contribution < 1.29 is 21.7 Å². The second-order valence-corrected chi connectivity index (χ2v) is 4.03. The van der Waals surface area contributed by atoms with Gasteiger partial charge in [0.15, 0.2) is 0 Å². The Bertz CT molecular complexity index is 160. The standard InChI is InChI=1S/C9H20N.BF4/c1-3-7-10(4-2)8-5-6-9-10;2-1(3,4)5/h3-9H2,1-2H3;/q+1;-1. The minimum atomic E-state index is -6.00. The summed E-state index contributed by atoms with van der Waals surface area (Å²) < 4.78 is 40.4. The van der Waals surface area contributed by atoms with Gasteiger partial charge in [-0.1, -0.05) is 6.92 Å². The molecule has 1 saturated heterocycles. The van der Waals surface area contributed by atoms with E-state index in [1.54, 1.807) is 0 Å². The Labute approximate surface area is 89.1 Å². The SMILES string of the molecule is CCC[N+]1(CC)CCCC1.F[B-](F)(F)F. The first-order chi connectivity index (χ1) is 6.83. The van der Waals surface area contributed by atoms with Gasteiger partial charge in [0, 0.05) is 12.8 Å². The van der Waals surface area contributed by atoms with Gasteiger partial charge in [0.1, 0.15) is 0 Å². The van der Waals surface area contributed by atoms with E-state index >= 15 is 0 Å². The van der Waals surface area contributed by atoms with Crippen LogP contribution in [0.2, 0.25) is 0 Å². The summed E-state index contributed by atoms with van der Waals surface area (Å²) in [4.78, 5) is 0. The Kier molecular flexibility index (Phi) is 6.25. The number of quaternary nitrogens is 1. The quantitative estimate of drug-likeness (QED) is 0.395. The molecule has 1 fully saturated rings. The van der Waals surface area contributed by atoms with E-state index in [2.05, 4.69) is 13.8 Å². The molecular formula is C9H20BF4N. The van der Waals surface area contributed by atoms with Crippen molar-refractivity contribution in [3.8, 4) is 0 Å². The van der Waals surface area contributed by atoms with Gasteiger partial charge in [0.2, 0.25) is 0 Å². The van der Waals surface area contributed by atoms with Gasteiger partial charge in [-0.15, -0.1) is 0 Å². The van der Waals surface area contributed by atoms with Gasteiger partial charge in [-0.2, -0.15) is 0 Å². The first kappa shape index (κ1) is 14.7. The second-order valence-electron chi connectivity index (χ2n) is 4.03. The first-order valence-electron chi connectivity index (χ1n) is 5.55. The molecule has 0 aromatic heterocycles. The van der Waals surface area contributed by atoms with Crippen LogP contribution in [0.5, 0.6) is 0 Å². The molecule has 1 rings (SSSR count). The summed E-state index contributed by atoms with van der Waals surface area (Å²) in [5.41, 5.74) is 0. The Morgan fingerprint density at radius 2 is 1.40 bits per heavy atom. The average Bonchev–Trinajstić information content (AvgIpc) is 2.51. The van der Waals surface area contributed by atoms with Crippen LogP contribution in [0.4, 0.5) is 17.3 Å². The minimum absolute atomic E-state index is 1.36. The number of hydrogen-bond donors (Lipinski definition) is 0. The van der Waals surface area contributed by atoms with Crippen LogP contribution in [0.25, 0.3) is 0 Å². The van der Waals surface area contributed by atoms with Gasteiger partial charge in [-0.05, 0) is 13.3 Å². The summed E-state index contributed by atoms with van der Waals surface area (Å²) in [6.45, 7) is 10.3. The zero-order chi connectivity index (χ0) is 11.9. The molecule has 0 bridgehead atoms. The number of hydrogen-bond acceptors (Lipinski definition) is 0. The molecule has 0 atom stereocenters. The highest BCUT2D eigenvalue weighted by atomic mass is 19.5. The highest BCUT2D eigenvalue weighted by Gasteiger charge is 2.28. The molecule has 0 spiro atoms. The van der Waals surface area contributed by atoms with Crippen LogP contribution in [0.1, 0.15) is 33.1 Å². The van der Waals surface area contributed by atoms with Crippen molar-refractivity contribution in [1.29, 1.82) is 0 Å². The van der Waals surface area contributed by atoms with E-state index < -0.39 is 7.25 Å². The molecule has 0 saturated carbocycles. The average molecular weight is 229 g/mol. The number of rotatable bonds is 3. The smallest absolute Gasteiger partial charge is 0.418 e. The van der Waals surface area contributed by atoms with Crippen LogP contribution in [-0.4, -0.2) is 37.9 Å². The van der Waals surface area contributed by atoms with Crippen LogP contribution in [0, 0.1) is 0 Å². The molecule has 15 heavy (non-hydrogen) atoms. The van der Waals surface area contributed by atoms with Gasteiger partial charge < -0.3 is 21.7 Å². The number of nitrogens with zero attached hydrogens (tertiary/aromatic N) is 1. The highest BCUT2D eigenvalue weighted by molar-refractivity contribution is 6.50. The summed E-state index contributed by atoms with van der Waals surface area (Å²) in [5, 5.41) is 0. The van der Waals surface area contributed by atoms with Crippen molar-refractivity contribution >= 4 is 7.25 Å². The third kappa shape index (κ3) is 7.65. The second kappa shape index (κ2) is 6.35. The van der Waals surface area contributed by atoms with E-state index in [0.717, 1.165) is 0 Å². The topological polar surface area (TPSA) is 0 Å². The lowest BCUT2D eigenvalue weighted by atomic mass is 10.3. The number of likely N-dealkylation sites (tertiary alicyclic amines) is 1. The maximum absolute atomic E-state index is 9.75. The third-order valence-electron chi connectivity index (χ3n) is 2.88. The van der Waals surface area contributed by atoms with E-state index in [1.165, 1.54) is 49.9 Å². The molecule has 1 aliphatic heterocycles. The molecule has 1 heterocycles. The van der Waals surface area contributed by atoms with Crippen molar-refractivity contribution in [2.45, 2.75) is 33.1 Å². The van der Waals surface area contributed by atoms with Gasteiger partial charge >= 0.3 is 7.25 Å². The Morgan fingerprint density at radius 3 is 1.67 bits per heavy atom. The van der Waals surface area contributed by atoms with Crippen molar-refractivity contribution in [2.24, 2.45) is 0 Å². The molecule has 92 valence electrons. The summed E-state index contributed by atoms with van der Waals surface area (Å²) >= 11 is 0. The Hall–Kier alpha value is -0.255. The minimum Gasteiger partial charge on any atom is -0.418 e. The molecule has 1 aliphatic rings. The zero-order valence-electron chi connectivity index (χ0n) is 9.49. The highest BCUT2D eigenvalue weighted by Crippen LogP contribution is 2.18. The predicted molar refractivity (Wildman–Crippen MR) is 55.1 cm³/mol. The van der Waals surface area contributed by atoms with E-state index in [1.807, 2.05) is 0 Å². The van der Waals surface area contributed by atoms with Gasteiger partial charge in [0.05, 0.1) is 26.2 Å². The molecule has 0 unspecified atom stereocenters. The zero-order valence-corrected chi connectivity index (χ0v) is 9.49. The van der Waals surface area contributed by atoms with E-state index in [-0.39, 0.29) is 0 Å². The summed E-state index contributed by atoms with van der Waals surface area (Å²) in [6.07, 6.45) is 4.29. The first-order valence-corrected chi connectivity index (χ1v) is 5.55. The largest absolute Gasteiger partial charge is 0.673 e. The van der Waals surface area contributed by atoms with Crippen molar-refractivity contribution in [1.82, 2.24) is 0 Å². The summed E-state index contributed by atoms with van der Waals surface area (Å²) in [5.74, 6) is 0. The van der Waals surface area contributed by atoms with Crippen LogP contribution in [0.3, 0.4) is 0 Å². The van der Waals surface area contributed by atoms with E-state index in [4.69, 9.17) is 0 Å². The molecule has 0 amide bonds. The monoisotopic (exact) mass is 229 g/mol. The van der Waals surface area contributed by atoms with E-state index in [9.17, 15) is 17.3 Å². The molecule has 0 aromatic rings. The Morgan fingerprint density at radius 1 is 1.00 bits per heavy atom. The normalized spacial score (nSPS) is 19.6. The number of halogens is 4. The molecule has 0 N–H and O–H groups in total. The summed E-state index contributed by atoms with van der Waals surface area (Å²) in [6, 6.07) is 0. The van der Waals surface area contributed by atoms with Crippen LogP contribution in [-0.2, 0) is 0 Å². The molecule has 0 radical (unpaired) electrons. The fraction of sp³-hybridized carbons (Fsp3) is 1.00. The van der Waals surface area contributed by atoms with Crippen LogP contribution < -0.4 is 0 Å². The van der Waals surface area contributed by atoms with Gasteiger partial charge in [-0.25, -0.2) is 0 Å². The predicted octanol–water partition coefficient (Wildman–Crippen LogP) is 3.33. The fourth-order valence-electron chi connectivity index (χ4n) is 2.18. The molecule has 0 aromatic carbocycles. The lowest BCUT2D eigenvalue weighted by molar-refractivity contribution is -0.915. The fourth-order valence-corrected chi connectivity index (χ4v) is 2.18. The van der Waals surface area contributed by atoms with Crippen LogP contribution >= 0.6 is 0 Å². The van der Waals surface area contributed by atoms with Crippen molar-refractivity contribution in [3.05, 3.63) is 0 Å². The molecule has 6 heteroatoms. The lowest BCUT2D eigenvalue weighted by Crippen LogP contribution is -2.45. The molecule has 0 aliphatic carbocycles. The van der Waals surface area contributed by atoms with Crippen molar-refractivity contribution in [3.63, 3.8) is 0 Å². The third-order valence-corrected chi connectivity index (χ3v) is 2.88. The van der Waals surface area contributed by atoms with Crippen LogP contribution in [0.15, 0.2) is 0 Å². The Balaban J connectivity index is 0.000000336. The van der Waals surface area contributed by atoms with Gasteiger partial charge in [-0.3, -0.25) is 0 Å². The van der Waals surface area contributed by atoms with Gasteiger partial charge in [0.25, 0.3) is 0 Å². The summed E-state index contributed by atoms with van der Waals surface area (Å²) in [7, 11) is -6.00. The lowest BCUT2D eigenvalue weighted by Gasteiger charge is -2.32.